The van der Waals surface area contributed by atoms with E-state index in [1.807, 2.05) is 0 Å². The van der Waals surface area contributed by atoms with Crippen molar-refractivity contribution in [2.75, 3.05) is 13.1 Å². The van der Waals surface area contributed by atoms with E-state index in [9.17, 15) is 0 Å². The molecule has 0 bridgehead atoms. The highest BCUT2D eigenvalue weighted by Crippen LogP contribution is 1.98. The minimum atomic E-state index is 0.296. The molecule has 0 spiro atoms. The molecule has 0 aromatic carbocycles. The van der Waals surface area contributed by atoms with Gasteiger partial charge in [-0.15, -0.1) is 0 Å². The molecule has 5 heteroatoms. The lowest BCUT2D eigenvalue weighted by Gasteiger charge is -2.02. The van der Waals surface area contributed by atoms with Gasteiger partial charge in [-0.25, -0.2) is 0 Å². The van der Waals surface area contributed by atoms with Gasteiger partial charge < -0.3 is 16.3 Å². The predicted molar refractivity (Wildman–Crippen MR) is 58.2 cm³/mol. The van der Waals surface area contributed by atoms with Crippen molar-refractivity contribution < 1.29 is 5.21 Å². The molecule has 4 N–H and O–H groups in total. The summed E-state index contributed by atoms with van der Waals surface area (Å²) in [5, 5.41) is 14.3. The van der Waals surface area contributed by atoms with Crippen molar-refractivity contribution in [1.29, 1.82) is 0 Å². The first-order valence-electron chi connectivity index (χ1n) is 4.17. The summed E-state index contributed by atoms with van der Waals surface area (Å²) in [6, 6.07) is 0. The molecule has 0 aromatic rings. The van der Waals surface area contributed by atoms with Crippen LogP contribution in [0.5, 0.6) is 0 Å². The van der Waals surface area contributed by atoms with E-state index in [4.69, 9.17) is 10.9 Å². The zero-order valence-electron chi connectivity index (χ0n) is 7.59. The average molecular weight is 250 g/mol. The van der Waals surface area contributed by atoms with E-state index in [1.54, 1.807) is 0 Å². The Hall–Kier alpha value is -0.550. The third-order valence-electron chi connectivity index (χ3n) is 1.48. The van der Waals surface area contributed by atoms with Gasteiger partial charge in [-0.05, 0) is 19.4 Å². The Morgan fingerprint density at radius 2 is 2.23 bits per heavy atom. The summed E-state index contributed by atoms with van der Waals surface area (Å²) in [5.41, 5.74) is 5.29. The maximum absolute atomic E-state index is 8.24. The van der Waals surface area contributed by atoms with E-state index < -0.39 is 0 Å². The Morgan fingerprint density at radius 1 is 1.54 bits per heavy atom. The molecule has 76 valence electrons. The van der Waals surface area contributed by atoms with Crippen LogP contribution in [0.3, 0.4) is 0 Å². The molecule has 0 atom stereocenters. The van der Waals surface area contributed by atoms with Crippen LogP contribution in [0.15, 0.2) is 16.2 Å². The second kappa shape index (κ2) is 8.07. The van der Waals surface area contributed by atoms with E-state index in [2.05, 4.69) is 33.0 Å². The third-order valence-corrected chi connectivity index (χ3v) is 1.76. The third kappa shape index (κ3) is 9.36. The maximum Gasteiger partial charge on any atom is 0.139 e. The Labute approximate surface area is 87.0 Å². The molecule has 0 aliphatic carbocycles. The number of oxime groups is 1. The van der Waals surface area contributed by atoms with Crippen LogP contribution < -0.4 is 11.1 Å². The van der Waals surface area contributed by atoms with Crippen molar-refractivity contribution in [3.8, 4) is 0 Å². The molecule has 0 saturated carbocycles. The zero-order valence-corrected chi connectivity index (χ0v) is 9.18. The quantitative estimate of drug-likeness (QED) is 0.210. The molecular weight excluding hydrogens is 234 g/mol. The molecule has 0 saturated heterocycles. The van der Waals surface area contributed by atoms with Gasteiger partial charge in [0.1, 0.15) is 5.84 Å². The standard InChI is InChI=1S/C8H16BrN3O/c1-7(9)6-11-5-3-2-4-8(10)12-13/h11,13H,1-6H2,(H2,10,12). The summed E-state index contributed by atoms with van der Waals surface area (Å²) in [4.78, 5) is 0. The highest BCUT2D eigenvalue weighted by molar-refractivity contribution is 9.11. The highest BCUT2D eigenvalue weighted by Gasteiger charge is 1.93. The molecule has 13 heavy (non-hydrogen) atoms. The molecule has 0 fully saturated rings. The number of unbranched alkanes of at least 4 members (excludes halogenated alkanes) is 1. The predicted octanol–water partition coefficient (Wildman–Crippen LogP) is 1.40. The lowest BCUT2D eigenvalue weighted by Crippen LogP contribution is -2.17. The fourth-order valence-corrected chi connectivity index (χ4v) is 1.03. The van der Waals surface area contributed by atoms with Crippen LogP contribution >= 0.6 is 15.9 Å². The Morgan fingerprint density at radius 3 is 2.77 bits per heavy atom. The Balaban J connectivity index is 3.13. The number of nitrogens with two attached hydrogens (primary N) is 1. The molecule has 0 rings (SSSR count). The van der Waals surface area contributed by atoms with Gasteiger partial charge in [-0.3, -0.25) is 0 Å². The van der Waals surface area contributed by atoms with Gasteiger partial charge in [0, 0.05) is 17.4 Å². The van der Waals surface area contributed by atoms with Crippen molar-refractivity contribution in [3.05, 3.63) is 11.1 Å². The monoisotopic (exact) mass is 249 g/mol. The van der Waals surface area contributed by atoms with Crippen LogP contribution in [0.4, 0.5) is 0 Å². The van der Waals surface area contributed by atoms with Crippen LogP contribution in [0.2, 0.25) is 0 Å². The van der Waals surface area contributed by atoms with Crippen LogP contribution in [-0.4, -0.2) is 24.1 Å². The summed E-state index contributed by atoms with van der Waals surface area (Å²) < 4.78 is 0.948. The SMILES string of the molecule is C=C(Br)CNCCCCC(N)=NO. The Kier molecular flexibility index (Phi) is 7.73. The second-order valence-electron chi connectivity index (χ2n) is 2.74. The minimum Gasteiger partial charge on any atom is -0.409 e. The normalized spacial score (nSPS) is 11.6. The molecule has 0 aliphatic heterocycles. The number of hydrogen-bond donors (Lipinski definition) is 3. The number of nitrogens with one attached hydrogen (secondary N) is 1. The minimum absolute atomic E-state index is 0.296. The van der Waals surface area contributed by atoms with E-state index in [0.29, 0.717) is 12.3 Å². The van der Waals surface area contributed by atoms with Gasteiger partial charge in [0.05, 0.1) is 0 Å². The largest absolute Gasteiger partial charge is 0.409 e. The van der Waals surface area contributed by atoms with Crippen LogP contribution in [0.25, 0.3) is 0 Å². The summed E-state index contributed by atoms with van der Waals surface area (Å²) in [6.45, 7) is 5.40. The van der Waals surface area contributed by atoms with Crippen LogP contribution in [-0.2, 0) is 0 Å². The van der Waals surface area contributed by atoms with E-state index >= 15 is 0 Å². The first kappa shape index (κ1) is 12.4. The highest BCUT2D eigenvalue weighted by atomic mass is 79.9. The van der Waals surface area contributed by atoms with E-state index in [-0.39, 0.29) is 0 Å². The molecule has 4 nitrogen and oxygen atoms in total. The lowest BCUT2D eigenvalue weighted by molar-refractivity contribution is 0.316. The van der Waals surface area contributed by atoms with Crippen molar-refractivity contribution in [3.63, 3.8) is 0 Å². The van der Waals surface area contributed by atoms with E-state index in [0.717, 1.165) is 30.4 Å². The second-order valence-corrected chi connectivity index (χ2v) is 3.86. The molecule has 0 aliphatic rings. The molecule has 0 amide bonds. The summed E-state index contributed by atoms with van der Waals surface area (Å²) in [6.07, 6.45) is 2.58. The number of rotatable bonds is 7. The fraction of sp³-hybridized carbons (Fsp3) is 0.625. The first-order valence-corrected chi connectivity index (χ1v) is 4.96. The van der Waals surface area contributed by atoms with Crippen LogP contribution in [0.1, 0.15) is 19.3 Å². The van der Waals surface area contributed by atoms with Crippen molar-refractivity contribution in [1.82, 2.24) is 5.32 Å². The fourth-order valence-electron chi connectivity index (χ4n) is 0.830. The summed E-state index contributed by atoms with van der Waals surface area (Å²) >= 11 is 3.25. The van der Waals surface area contributed by atoms with Crippen LogP contribution in [0, 0.1) is 0 Å². The smallest absolute Gasteiger partial charge is 0.139 e. The molecule has 0 heterocycles. The van der Waals surface area contributed by atoms with Crippen molar-refractivity contribution in [2.45, 2.75) is 19.3 Å². The van der Waals surface area contributed by atoms with Crippen molar-refractivity contribution >= 4 is 21.8 Å². The number of halogens is 1. The number of hydrogen-bond acceptors (Lipinski definition) is 3. The van der Waals surface area contributed by atoms with Gasteiger partial charge in [0.25, 0.3) is 0 Å². The van der Waals surface area contributed by atoms with Gasteiger partial charge >= 0.3 is 0 Å². The summed E-state index contributed by atoms with van der Waals surface area (Å²) in [5.74, 6) is 0.296. The number of nitrogens with zero attached hydrogens (tertiary/aromatic N) is 1. The van der Waals surface area contributed by atoms with E-state index in [1.165, 1.54) is 0 Å². The van der Waals surface area contributed by atoms with Gasteiger partial charge in [0.15, 0.2) is 0 Å². The van der Waals surface area contributed by atoms with Gasteiger partial charge in [-0.2, -0.15) is 0 Å². The Bertz CT molecular complexity index is 182. The van der Waals surface area contributed by atoms with Crippen molar-refractivity contribution in [2.24, 2.45) is 10.9 Å². The topological polar surface area (TPSA) is 70.6 Å². The molecular formula is C8H16BrN3O. The molecule has 0 aromatic heterocycles. The van der Waals surface area contributed by atoms with Gasteiger partial charge in [-0.1, -0.05) is 27.7 Å². The average Bonchev–Trinajstić information content (AvgIpc) is 2.10. The summed E-state index contributed by atoms with van der Waals surface area (Å²) in [7, 11) is 0. The lowest BCUT2D eigenvalue weighted by atomic mass is 10.2. The zero-order chi connectivity index (χ0) is 10.1. The molecule has 0 radical (unpaired) electrons. The molecule has 0 unspecified atom stereocenters. The number of amidine groups is 1. The maximum atomic E-state index is 8.24. The van der Waals surface area contributed by atoms with Gasteiger partial charge in [0.2, 0.25) is 0 Å². The first-order chi connectivity index (χ1) is 6.16.